The van der Waals surface area contributed by atoms with E-state index < -0.39 is 0 Å². The summed E-state index contributed by atoms with van der Waals surface area (Å²) in [6, 6.07) is 27.3. The summed E-state index contributed by atoms with van der Waals surface area (Å²) in [5.74, 6) is 1.12. The summed E-state index contributed by atoms with van der Waals surface area (Å²) >= 11 is 0. The molecular weight excluding hydrogens is 348 g/mol. The Labute approximate surface area is 163 Å². The van der Waals surface area contributed by atoms with Crippen LogP contribution in [0.4, 0.5) is 5.69 Å². The molecule has 0 unspecified atom stereocenters. The lowest BCUT2D eigenvalue weighted by atomic mass is 10.2. The number of rotatable bonds is 5. The fourth-order valence-corrected chi connectivity index (χ4v) is 3.02. The maximum Gasteiger partial charge on any atom is 0.246 e. The van der Waals surface area contributed by atoms with Crippen LogP contribution in [0, 0.1) is 6.92 Å². The standard InChI is InChI=1S/C23H20N4O/c1-17-9-8-14-20(15-17)24-21(28)16-27-23(19-12-6-3-7-13-19)25-22(26-27)18-10-4-2-5-11-18/h2-15H,16H2,1H3,(H,24,28). The summed E-state index contributed by atoms with van der Waals surface area (Å²) in [5.41, 5.74) is 3.70. The topological polar surface area (TPSA) is 59.8 Å². The van der Waals surface area contributed by atoms with Gasteiger partial charge >= 0.3 is 0 Å². The third-order valence-electron chi connectivity index (χ3n) is 4.33. The minimum absolute atomic E-state index is 0.0814. The van der Waals surface area contributed by atoms with Crippen molar-refractivity contribution in [2.45, 2.75) is 13.5 Å². The van der Waals surface area contributed by atoms with Crippen LogP contribution >= 0.6 is 0 Å². The van der Waals surface area contributed by atoms with Crippen molar-refractivity contribution in [1.29, 1.82) is 0 Å². The molecule has 0 spiro atoms. The molecule has 0 aliphatic rings. The summed E-state index contributed by atoms with van der Waals surface area (Å²) in [6.45, 7) is 2.07. The molecule has 0 atom stereocenters. The Hall–Kier alpha value is -3.73. The fraction of sp³-hybridized carbons (Fsp3) is 0.0870. The van der Waals surface area contributed by atoms with Gasteiger partial charge in [0.05, 0.1) is 0 Å². The molecular formula is C23H20N4O. The highest BCUT2D eigenvalue weighted by atomic mass is 16.2. The molecule has 1 heterocycles. The fourth-order valence-electron chi connectivity index (χ4n) is 3.02. The van der Waals surface area contributed by atoms with Crippen molar-refractivity contribution in [3.8, 4) is 22.8 Å². The van der Waals surface area contributed by atoms with Crippen molar-refractivity contribution >= 4 is 11.6 Å². The molecule has 0 aliphatic carbocycles. The van der Waals surface area contributed by atoms with Gasteiger partial charge in [0.25, 0.3) is 0 Å². The van der Waals surface area contributed by atoms with Crippen molar-refractivity contribution in [3.63, 3.8) is 0 Å². The molecule has 1 aromatic heterocycles. The smallest absolute Gasteiger partial charge is 0.246 e. The highest BCUT2D eigenvalue weighted by Crippen LogP contribution is 2.22. The number of carbonyl (C=O) groups excluding carboxylic acids is 1. The summed E-state index contributed by atoms with van der Waals surface area (Å²) in [4.78, 5) is 17.3. The normalized spacial score (nSPS) is 10.6. The largest absolute Gasteiger partial charge is 0.324 e. The number of aromatic nitrogens is 3. The first kappa shape index (κ1) is 17.7. The molecule has 0 radical (unpaired) electrons. The molecule has 4 rings (SSSR count). The predicted octanol–water partition coefficient (Wildman–Crippen LogP) is 4.56. The zero-order valence-electron chi connectivity index (χ0n) is 15.5. The molecule has 138 valence electrons. The number of anilines is 1. The van der Waals surface area contributed by atoms with E-state index in [2.05, 4.69) is 10.4 Å². The first-order valence-electron chi connectivity index (χ1n) is 9.11. The van der Waals surface area contributed by atoms with Gasteiger partial charge in [-0.1, -0.05) is 72.8 Å². The van der Waals surface area contributed by atoms with E-state index in [0.717, 1.165) is 22.4 Å². The number of nitrogens with one attached hydrogen (secondary N) is 1. The van der Waals surface area contributed by atoms with E-state index in [-0.39, 0.29) is 12.5 Å². The number of nitrogens with zero attached hydrogens (tertiary/aromatic N) is 3. The molecule has 4 aromatic rings. The van der Waals surface area contributed by atoms with Crippen LogP contribution in [-0.2, 0) is 11.3 Å². The number of hydrogen-bond donors (Lipinski definition) is 1. The Bertz CT molecular complexity index is 1090. The van der Waals surface area contributed by atoms with E-state index in [1.165, 1.54) is 0 Å². The maximum absolute atomic E-state index is 12.6. The molecule has 28 heavy (non-hydrogen) atoms. The van der Waals surface area contributed by atoms with Crippen molar-refractivity contribution in [2.75, 3.05) is 5.32 Å². The Kier molecular flexibility index (Phi) is 4.97. The second-order valence-electron chi connectivity index (χ2n) is 6.57. The van der Waals surface area contributed by atoms with Crippen LogP contribution in [0.15, 0.2) is 84.9 Å². The van der Waals surface area contributed by atoms with Crippen LogP contribution in [0.3, 0.4) is 0 Å². The van der Waals surface area contributed by atoms with Crippen LogP contribution in [-0.4, -0.2) is 20.7 Å². The average Bonchev–Trinajstić information content (AvgIpc) is 3.13. The van der Waals surface area contributed by atoms with E-state index in [0.29, 0.717) is 11.6 Å². The van der Waals surface area contributed by atoms with Gasteiger partial charge in [0.15, 0.2) is 11.6 Å². The predicted molar refractivity (Wildman–Crippen MR) is 111 cm³/mol. The van der Waals surface area contributed by atoms with E-state index in [9.17, 15) is 4.79 Å². The Balaban J connectivity index is 1.65. The van der Waals surface area contributed by atoms with Gasteiger partial charge in [-0.3, -0.25) is 4.79 Å². The van der Waals surface area contributed by atoms with Crippen LogP contribution in [0.25, 0.3) is 22.8 Å². The van der Waals surface area contributed by atoms with Crippen molar-refractivity contribution < 1.29 is 4.79 Å². The molecule has 3 aromatic carbocycles. The Morgan fingerprint density at radius 1 is 0.893 bits per heavy atom. The zero-order chi connectivity index (χ0) is 19.3. The molecule has 1 N–H and O–H groups in total. The van der Waals surface area contributed by atoms with Crippen LogP contribution in [0.5, 0.6) is 0 Å². The van der Waals surface area contributed by atoms with E-state index in [4.69, 9.17) is 4.98 Å². The second-order valence-corrected chi connectivity index (χ2v) is 6.57. The van der Waals surface area contributed by atoms with E-state index >= 15 is 0 Å². The summed E-state index contributed by atoms with van der Waals surface area (Å²) in [6.07, 6.45) is 0. The van der Waals surface area contributed by atoms with Gasteiger partial charge in [0.1, 0.15) is 6.54 Å². The molecule has 5 heteroatoms. The van der Waals surface area contributed by atoms with Crippen LogP contribution in [0.1, 0.15) is 5.56 Å². The number of amides is 1. The Morgan fingerprint density at radius 3 is 2.25 bits per heavy atom. The third-order valence-corrected chi connectivity index (χ3v) is 4.33. The van der Waals surface area contributed by atoms with Crippen molar-refractivity contribution in [1.82, 2.24) is 14.8 Å². The third kappa shape index (κ3) is 3.99. The molecule has 0 fully saturated rings. The van der Waals surface area contributed by atoms with Gasteiger partial charge in [0, 0.05) is 16.8 Å². The van der Waals surface area contributed by atoms with Crippen LogP contribution in [0.2, 0.25) is 0 Å². The van der Waals surface area contributed by atoms with Gasteiger partial charge in [0.2, 0.25) is 5.91 Å². The van der Waals surface area contributed by atoms with Gasteiger partial charge in [-0.15, -0.1) is 5.10 Å². The van der Waals surface area contributed by atoms with Gasteiger partial charge in [-0.25, -0.2) is 9.67 Å². The van der Waals surface area contributed by atoms with Crippen LogP contribution < -0.4 is 5.32 Å². The van der Waals surface area contributed by atoms with Crippen molar-refractivity contribution in [3.05, 3.63) is 90.5 Å². The second kappa shape index (κ2) is 7.88. The quantitative estimate of drug-likeness (QED) is 0.562. The lowest BCUT2D eigenvalue weighted by molar-refractivity contribution is -0.116. The van der Waals surface area contributed by atoms with Gasteiger partial charge in [-0.05, 0) is 24.6 Å². The lowest BCUT2D eigenvalue weighted by Gasteiger charge is -2.08. The summed E-state index contributed by atoms with van der Waals surface area (Å²) < 4.78 is 1.66. The summed E-state index contributed by atoms with van der Waals surface area (Å²) in [5, 5.41) is 7.53. The minimum Gasteiger partial charge on any atom is -0.324 e. The minimum atomic E-state index is -0.146. The summed E-state index contributed by atoms with van der Waals surface area (Å²) in [7, 11) is 0. The SMILES string of the molecule is Cc1cccc(NC(=O)Cn2nc(-c3ccccc3)nc2-c2ccccc2)c1. The molecule has 0 saturated heterocycles. The monoisotopic (exact) mass is 368 g/mol. The molecule has 0 bridgehead atoms. The highest BCUT2D eigenvalue weighted by molar-refractivity contribution is 5.90. The van der Waals surface area contributed by atoms with Crippen molar-refractivity contribution in [2.24, 2.45) is 0 Å². The zero-order valence-corrected chi connectivity index (χ0v) is 15.5. The van der Waals surface area contributed by atoms with Gasteiger partial charge in [-0.2, -0.15) is 0 Å². The molecule has 0 aliphatic heterocycles. The van der Waals surface area contributed by atoms with Gasteiger partial charge < -0.3 is 5.32 Å². The highest BCUT2D eigenvalue weighted by Gasteiger charge is 2.16. The molecule has 5 nitrogen and oxygen atoms in total. The number of benzene rings is 3. The Morgan fingerprint density at radius 2 is 1.57 bits per heavy atom. The van der Waals surface area contributed by atoms with E-state index in [1.807, 2.05) is 91.9 Å². The number of carbonyl (C=O) groups is 1. The lowest BCUT2D eigenvalue weighted by Crippen LogP contribution is -2.20. The molecule has 1 amide bonds. The average molecular weight is 368 g/mol. The first-order chi connectivity index (χ1) is 13.7. The van der Waals surface area contributed by atoms with E-state index in [1.54, 1.807) is 4.68 Å². The number of hydrogen-bond acceptors (Lipinski definition) is 3. The maximum atomic E-state index is 12.6. The number of aryl methyl sites for hydroxylation is 1. The molecule has 0 saturated carbocycles. The first-order valence-corrected chi connectivity index (χ1v) is 9.11.